The van der Waals surface area contributed by atoms with Crippen molar-refractivity contribution < 1.29 is 14.7 Å². The minimum Gasteiger partial charge on any atom is -0.481 e. The highest BCUT2D eigenvalue weighted by atomic mass is 16.4. The molecule has 0 aromatic carbocycles. The molecule has 108 valence electrons. The molecule has 2 amide bonds. The molecule has 2 aliphatic rings. The van der Waals surface area contributed by atoms with E-state index >= 15 is 0 Å². The minimum atomic E-state index is -0.764. The highest BCUT2D eigenvalue weighted by Crippen LogP contribution is 2.26. The predicted molar refractivity (Wildman–Crippen MR) is 71.8 cm³/mol. The van der Waals surface area contributed by atoms with Crippen molar-refractivity contribution in [3.05, 3.63) is 0 Å². The number of urea groups is 1. The molecule has 2 rings (SSSR count). The van der Waals surface area contributed by atoms with E-state index in [1.807, 2.05) is 9.80 Å². The van der Waals surface area contributed by atoms with Crippen LogP contribution in [0.1, 0.15) is 33.1 Å². The third kappa shape index (κ3) is 3.39. The fourth-order valence-corrected chi connectivity index (χ4v) is 3.13. The Morgan fingerprint density at radius 1 is 1.16 bits per heavy atom. The summed E-state index contributed by atoms with van der Waals surface area (Å²) in [5.41, 5.74) is 0. The number of carbonyl (C=O) groups excluding carboxylic acids is 1. The van der Waals surface area contributed by atoms with E-state index in [-0.39, 0.29) is 18.4 Å². The van der Waals surface area contributed by atoms with Gasteiger partial charge in [0.15, 0.2) is 0 Å². The molecule has 1 N–H and O–H groups in total. The van der Waals surface area contributed by atoms with Gasteiger partial charge >= 0.3 is 12.0 Å². The number of hydrogen-bond donors (Lipinski definition) is 1. The average molecular weight is 268 g/mol. The Balaban J connectivity index is 1.83. The molecule has 0 aliphatic carbocycles. The SMILES string of the molecule is CC(C)C1CCN(C(=O)N2CCC(CC(=O)O)C2)C1. The van der Waals surface area contributed by atoms with E-state index in [4.69, 9.17) is 5.11 Å². The zero-order valence-corrected chi connectivity index (χ0v) is 11.8. The quantitative estimate of drug-likeness (QED) is 0.850. The molecule has 0 radical (unpaired) electrons. The lowest BCUT2D eigenvalue weighted by molar-refractivity contribution is -0.138. The van der Waals surface area contributed by atoms with Crippen LogP contribution in [0.15, 0.2) is 0 Å². The molecule has 2 saturated heterocycles. The van der Waals surface area contributed by atoms with Crippen LogP contribution in [0.3, 0.4) is 0 Å². The van der Waals surface area contributed by atoms with Crippen molar-refractivity contribution in [3.8, 4) is 0 Å². The number of likely N-dealkylation sites (tertiary alicyclic amines) is 2. The summed E-state index contributed by atoms with van der Waals surface area (Å²) in [5.74, 6) is 0.600. The van der Waals surface area contributed by atoms with Crippen LogP contribution in [0.5, 0.6) is 0 Å². The molecular weight excluding hydrogens is 244 g/mol. The van der Waals surface area contributed by atoms with Crippen LogP contribution >= 0.6 is 0 Å². The first-order valence-electron chi connectivity index (χ1n) is 7.23. The fraction of sp³-hybridized carbons (Fsp3) is 0.857. The fourth-order valence-electron chi connectivity index (χ4n) is 3.13. The number of nitrogens with zero attached hydrogens (tertiary/aromatic N) is 2. The number of amides is 2. The second-order valence-electron chi connectivity index (χ2n) is 6.22. The molecule has 2 unspecified atom stereocenters. The van der Waals surface area contributed by atoms with Gasteiger partial charge in [-0.2, -0.15) is 0 Å². The maximum Gasteiger partial charge on any atom is 0.320 e. The monoisotopic (exact) mass is 268 g/mol. The van der Waals surface area contributed by atoms with Crippen LogP contribution in [0, 0.1) is 17.8 Å². The van der Waals surface area contributed by atoms with Crippen LogP contribution in [0.4, 0.5) is 4.79 Å². The second-order valence-corrected chi connectivity index (χ2v) is 6.22. The number of aliphatic carboxylic acids is 1. The molecule has 0 bridgehead atoms. The van der Waals surface area contributed by atoms with Gasteiger partial charge in [0.05, 0.1) is 0 Å². The number of rotatable bonds is 3. The lowest BCUT2D eigenvalue weighted by Crippen LogP contribution is -2.41. The Bertz CT molecular complexity index is 357. The van der Waals surface area contributed by atoms with Gasteiger partial charge in [0.25, 0.3) is 0 Å². The topological polar surface area (TPSA) is 60.9 Å². The van der Waals surface area contributed by atoms with Crippen molar-refractivity contribution in [2.75, 3.05) is 26.2 Å². The van der Waals surface area contributed by atoms with Gasteiger partial charge in [0.1, 0.15) is 0 Å². The van der Waals surface area contributed by atoms with Crippen molar-refractivity contribution in [3.63, 3.8) is 0 Å². The normalized spacial score (nSPS) is 27.3. The summed E-state index contributed by atoms with van der Waals surface area (Å²) in [6, 6.07) is 0.107. The van der Waals surface area contributed by atoms with Crippen molar-refractivity contribution in [2.24, 2.45) is 17.8 Å². The molecule has 5 nitrogen and oxygen atoms in total. The zero-order chi connectivity index (χ0) is 14.0. The van der Waals surface area contributed by atoms with Crippen molar-refractivity contribution in [1.29, 1.82) is 0 Å². The summed E-state index contributed by atoms with van der Waals surface area (Å²) in [4.78, 5) is 26.8. The highest BCUT2D eigenvalue weighted by molar-refractivity contribution is 5.75. The summed E-state index contributed by atoms with van der Waals surface area (Å²) in [5, 5.41) is 8.79. The standard InChI is InChI=1S/C14H24N2O3/c1-10(2)12-4-6-16(9-12)14(19)15-5-3-11(8-15)7-13(17)18/h10-12H,3-9H2,1-2H3,(H,17,18). The third-order valence-corrected chi connectivity index (χ3v) is 4.46. The Morgan fingerprint density at radius 2 is 1.79 bits per heavy atom. The first kappa shape index (κ1) is 14.2. The van der Waals surface area contributed by atoms with E-state index in [2.05, 4.69) is 13.8 Å². The molecule has 0 saturated carbocycles. The van der Waals surface area contributed by atoms with Gasteiger partial charge < -0.3 is 14.9 Å². The Labute approximate surface area is 114 Å². The van der Waals surface area contributed by atoms with Crippen molar-refractivity contribution >= 4 is 12.0 Å². The molecule has 0 aromatic rings. The van der Waals surface area contributed by atoms with Gasteiger partial charge in [0, 0.05) is 32.6 Å². The second kappa shape index (κ2) is 5.80. The molecule has 0 spiro atoms. The van der Waals surface area contributed by atoms with Crippen LogP contribution in [-0.4, -0.2) is 53.1 Å². The largest absolute Gasteiger partial charge is 0.481 e. The van der Waals surface area contributed by atoms with Gasteiger partial charge in [-0.1, -0.05) is 13.8 Å². The van der Waals surface area contributed by atoms with Gasteiger partial charge in [-0.05, 0) is 30.6 Å². The van der Waals surface area contributed by atoms with E-state index in [1.54, 1.807) is 0 Å². The smallest absolute Gasteiger partial charge is 0.320 e. The molecule has 19 heavy (non-hydrogen) atoms. The zero-order valence-electron chi connectivity index (χ0n) is 11.8. The number of carbonyl (C=O) groups is 2. The lowest BCUT2D eigenvalue weighted by atomic mass is 9.95. The highest BCUT2D eigenvalue weighted by Gasteiger charge is 2.34. The third-order valence-electron chi connectivity index (χ3n) is 4.46. The number of carboxylic acids is 1. The Morgan fingerprint density at radius 3 is 2.37 bits per heavy atom. The van der Waals surface area contributed by atoms with E-state index in [1.165, 1.54) is 0 Å². The summed E-state index contributed by atoms with van der Waals surface area (Å²) >= 11 is 0. The molecular formula is C14H24N2O3. The van der Waals surface area contributed by atoms with Crippen LogP contribution in [0.2, 0.25) is 0 Å². The van der Waals surface area contributed by atoms with Gasteiger partial charge in [0.2, 0.25) is 0 Å². The maximum atomic E-state index is 12.4. The molecule has 2 heterocycles. The number of carboxylic acid groups (broad SMARTS) is 1. The minimum absolute atomic E-state index is 0.107. The summed E-state index contributed by atoms with van der Waals surface area (Å²) in [6.07, 6.45) is 2.09. The van der Waals surface area contributed by atoms with Crippen molar-refractivity contribution in [1.82, 2.24) is 9.80 Å². The Kier molecular flexibility index (Phi) is 4.32. The first-order valence-corrected chi connectivity index (χ1v) is 7.23. The molecule has 5 heteroatoms. The molecule has 0 aromatic heterocycles. The Hall–Kier alpha value is -1.26. The molecule has 2 aliphatic heterocycles. The summed E-state index contributed by atoms with van der Waals surface area (Å²) in [7, 11) is 0. The van der Waals surface area contributed by atoms with E-state index in [9.17, 15) is 9.59 Å². The van der Waals surface area contributed by atoms with Gasteiger partial charge in [-0.25, -0.2) is 4.79 Å². The van der Waals surface area contributed by atoms with Gasteiger partial charge in [-0.3, -0.25) is 4.79 Å². The van der Waals surface area contributed by atoms with Crippen LogP contribution in [-0.2, 0) is 4.79 Å². The molecule has 2 fully saturated rings. The predicted octanol–water partition coefficient (Wildman–Crippen LogP) is 1.88. The van der Waals surface area contributed by atoms with Gasteiger partial charge in [-0.15, -0.1) is 0 Å². The lowest BCUT2D eigenvalue weighted by Gasteiger charge is -2.25. The summed E-state index contributed by atoms with van der Waals surface area (Å²) in [6.45, 7) is 7.43. The van der Waals surface area contributed by atoms with Crippen molar-refractivity contribution in [2.45, 2.75) is 33.1 Å². The van der Waals surface area contributed by atoms with Crippen LogP contribution in [0.25, 0.3) is 0 Å². The molecule has 2 atom stereocenters. The van der Waals surface area contributed by atoms with E-state index < -0.39 is 5.97 Å². The van der Waals surface area contributed by atoms with E-state index in [0.29, 0.717) is 24.9 Å². The maximum absolute atomic E-state index is 12.4. The van der Waals surface area contributed by atoms with Crippen LogP contribution < -0.4 is 0 Å². The summed E-state index contributed by atoms with van der Waals surface area (Å²) < 4.78 is 0. The first-order chi connectivity index (χ1) is 8.97. The van der Waals surface area contributed by atoms with E-state index in [0.717, 1.165) is 25.9 Å². The number of hydrogen-bond acceptors (Lipinski definition) is 2. The average Bonchev–Trinajstić information content (AvgIpc) is 2.95.